The number of hydrogen-bond donors (Lipinski definition) is 6. The van der Waals surface area contributed by atoms with Gasteiger partial charge in [0.2, 0.25) is 0 Å². The van der Waals surface area contributed by atoms with Gasteiger partial charge in [0.25, 0.3) is 0 Å². The van der Waals surface area contributed by atoms with E-state index in [4.69, 9.17) is 19.4 Å². The zero-order valence-corrected chi connectivity index (χ0v) is 26.0. The molecule has 50 heavy (non-hydrogen) atoms. The summed E-state index contributed by atoms with van der Waals surface area (Å²) in [5.41, 5.74) is 3.49. The van der Waals surface area contributed by atoms with Gasteiger partial charge in [-0.05, 0) is 12.5 Å². The summed E-state index contributed by atoms with van der Waals surface area (Å²) in [5, 5.41) is 65.6. The second kappa shape index (κ2) is 10.8. The van der Waals surface area contributed by atoms with Crippen molar-refractivity contribution in [3.63, 3.8) is 0 Å². The first-order chi connectivity index (χ1) is 24.3. The van der Waals surface area contributed by atoms with Crippen LogP contribution in [0.15, 0.2) is 101 Å². The standard InChI is InChI=1S/C39H26N4O7/c44-25-17-27(46)33(48)29-30-32(26(45)18-28(47)34(30)49)43(31(25)29)24-16-8-14-22-21-13-7-15-23(35(21)50-36(22)24)39-41-37(19-9-3-1-4-10-19)40-38(42-39)20-11-5-2-6-12-20/h1-15,17-18,24,44-49H,16H2. The maximum absolute atomic E-state index is 11.2. The van der Waals surface area contributed by atoms with E-state index in [-0.39, 0.29) is 21.8 Å². The van der Waals surface area contributed by atoms with Crippen molar-refractivity contribution in [1.82, 2.24) is 19.5 Å². The van der Waals surface area contributed by atoms with Gasteiger partial charge in [-0.15, -0.1) is 0 Å². The number of furan rings is 1. The van der Waals surface area contributed by atoms with Crippen LogP contribution >= 0.6 is 0 Å². The Morgan fingerprint density at radius 1 is 0.600 bits per heavy atom. The molecule has 0 spiro atoms. The molecule has 0 saturated heterocycles. The van der Waals surface area contributed by atoms with Crippen molar-refractivity contribution in [3.8, 4) is 68.7 Å². The van der Waals surface area contributed by atoms with Crippen molar-refractivity contribution in [1.29, 1.82) is 0 Å². The average Bonchev–Trinajstić information content (AvgIpc) is 3.71. The number of hydrogen-bond acceptors (Lipinski definition) is 10. The lowest BCUT2D eigenvalue weighted by Crippen LogP contribution is -2.12. The number of fused-ring (bicyclic) bond motifs is 6. The van der Waals surface area contributed by atoms with Gasteiger partial charge in [-0.2, -0.15) is 0 Å². The van der Waals surface area contributed by atoms with Crippen LogP contribution in [-0.4, -0.2) is 50.2 Å². The largest absolute Gasteiger partial charge is 0.506 e. The SMILES string of the molecule is Oc1cc(O)c2c(c1O)c1c(O)c(O)cc(O)c1n2C1CC=Cc2c1oc1c(-c3nc(-c4ccccc4)nc(-c4ccccc4)n3)cccc21. The molecule has 3 aromatic heterocycles. The van der Waals surface area contributed by atoms with Crippen molar-refractivity contribution < 1.29 is 35.1 Å². The molecule has 1 atom stereocenters. The minimum atomic E-state index is -0.724. The number of benzene rings is 5. The van der Waals surface area contributed by atoms with Crippen molar-refractivity contribution in [2.24, 2.45) is 0 Å². The van der Waals surface area contributed by atoms with Crippen molar-refractivity contribution in [3.05, 3.63) is 108 Å². The zero-order chi connectivity index (χ0) is 34.3. The molecule has 1 unspecified atom stereocenters. The van der Waals surface area contributed by atoms with Gasteiger partial charge >= 0.3 is 0 Å². The molecule has 6 N–H and O–H groups in total. The highest BCUT2D eigenvalue weighted by atomic mass is 16.3. The molecular weight excluding hydrogens is 636 g/mol. The van der Waals surface area contributed by atoms with E-state index in [2.05, 4.69) is 0 Å². The molecule has 244 valence electrons. The molecule has 8 aromatic rings. The van der Waals surface area contributed by atoms with Gasteiger partial charge in [-0.25, -0.2) is 15.0 Å². The first-order valence-corrected chi connectivity index (χ1v) is 15.7. The minimum Gasteiger partial charge on any atom is -0.506 e. The first-order valence-electron chi connectivity index (χ1n) is 15.7. The van der Waals surface area contributed by atoms with Crippen LogP contribution in [-0.2, 0) is 0 Å². The molecule has 1 aliphatic rings. The molecule has 0 bridgehead atoms. The topological polar surface area (TPSA) is 178 Å². The first kappa shape index (κ1) is 29.2. The van der Waals surface area contributed by atoms with Crippen LogP contribution in [0, 0.1) is 0 Å². The fraction of sp³-hybridized carbons (Fsp3) is 0.0513. The van der Waals surface area contributed by atoms with E-state index in [0.717, 1.165) is 34.2 Å². The van der Waals surface area contributed by atoms with E-state index in [0.29, 0.717) is 40.8 Å². The molecular formula is C39H26N4O7. The summed E-state index contributed by atoms with van der Waals surface area (Å²) < 4.78 is 8.27. The number of aromatic hydroxyl groups is 6. The third-order valence-corrected chi connectivity index (χ3v) is 9.18. The number of aromatic nitrogens is 4. The Kier molecular flexibility index (Phi) is 6.27. The second-order valence-corrected chi connectivity index (χ2v) is 12.1. The molecule has 0 fully saturated rings. The maximum atomic E-state index is 11.2. The number of phenolic OH excluding ortho intramolecular Hbond substituents is 6. The second-order valence-electron chi connectivity index (χ2n) is 12.1. The number of rotatable bonds is 4. The van der Waals surface area contributed by atoms with Gasteiger partial charge in [-0.1, -0.05) is 84.9 Å². The van der Waals surface area contributed by atoms with E-state index in [1.807, 2.05) is 91.0 Å². The lowest BCUT2D eigenvalue weighted by atomic mass is 9.97. The summed E-state index contributed by atoms with van der Waals surface area (Å²) in [7, 11) is 0. The summed E-state index contributed by atoms with van der Waals surface area (Å²) in [6, 6.07) is 26.2. The molecule has 0 aliphatic heterocycles. The van der Waals surface area contributed by atoms with Crippen molar-refractivity contribution in [2.45, 2.75) is 12.5 Å². The summed E-state index contributed by atoms with van der Waals surface area (Å²) in [6.45, 7) is 0. The van der Waals surface area contributed by atoms with Crippen LogP contribution in [0.2, 0.25) is 0 Å². The van der Waals surface area contributed by atoms with Crippen LogP contribution in [0.5, 0.6) is 34.5 Å². The Hall–Kier alpha value is -7.01. The Morgan fingerprint density at radius 2 is 1.14 bits per heavy atom. The van der Waals surface area contributed by atoms with Gasteiger partial charge in [0, 0.05) is 34.2 Å². The third kappa shape index (κ3) is 4.20. The average molecular weight is 663 g/mol. The van der Waals surface area contributed by atoms with Crippen LogP contribution in [0.4, 0.5) is 0 Å². The molecule has 11 heteroatoms. The van der Waals surface area contributed by atoms with Gasteiger partial charge in [0.15, 0.2) is 40.5 Å². The summed E-state index contributed by atoms with van der Waals surface area (Å²) in [6.07, 6.45) is 4.18. The minimum absolute atomic E-state index is 0.0101. The number of nitrogens with zero attached hydrogens (tertiary/aromatic N) is 4. The number of para-hydroxylation sites is 1. The smallest absolute Gasteiger partial charge is 0.168 e. The Labute approximate surface area is 282 Å². The molecule has 0 amide bonds. The molecule has 1 aliphatic carbocycles. The summed E-state index contributed by atoms with van der Waals surface area (Å²) in [4.78, 5) is 14.6. The quantitative estimate of drug-likeness (QED) is 0.0800. The van der Waals surface area contributed by atoms with Crippen LogP contribution in [0.3, 0.4) is 0 Å². The van der Waals surface area contributed by atoms with E-state index in [1.165, 1.54) is 0 Å². The summed E-state index contributed by atoms with van der Waals surface area (Å²) in [5.74, 6) is -1.58. The van der Waals surface area contributed by atoms with E-state index in [9.17, 15) is 30.6 Å². The highest BCUT2D eigenvalue weighted by Crippen LogP contribution is 2.54. The van der Waals surface area contributed by atoms with Gasteiger partial charge in [0.05, 0.1) is 33.4 Å². The van der Waals surface area contributed by atoms with Gasteiger partial charge < -0.3 is 39.6 Å². The van der Waals surface area contributed by atoms with Crippen LogP contribution < -0.4 is 0 Å². The number of allylic oxidation sites excluding steroid dienone is 1. The Balaban J connectivity index is 1.30. The molecule has 5 aromatic carbocycles. The highest BCUT2D eigenvalue weighted by molar-refractivity contribution is 6.18. The highest BCUT2D eigenvalue weighted by Gasteiger charge is 2.34. The lowest BCUT2D eigenvalue weighted by molar-refractivity contribution is 0.400. The van der Waals surface area contributed by atoms with Gasteiger partial charge in [0.1, 0.15) is 22.8 Å². The molecule has 3 heterocycles. The lowest BCUT2D eigenvalue weighted by Gasteiger charge is -2.22. The van der Waals surface area contributed by atoms with Gasteiger partial charge in [-0.3, -0.25) is 0 Å². The monoisotopic (exact) mass is 662 g/mol. The number of phenols is 6. The van der Waals surface area contributed by atoms with Crippen molar-refractivity contribution in [2.75, 3.05) is 0 Å². The summed E-state index contributed by atoms with van der Waals surface area (Å²) >= 11 is 0. The Bertz CT molecular complexity index is 2570. The van der Waals surface area contributed by atoms with E-state index >= 15 is 0 Å². The zero-order valence-electron chi connectivity index (χ0n) is 26.0. The fourth-order valence-corrected chi connectivity index (χ4v) is 6.98. The normalized spacial score (nSPS) is 14.1. The predicted molar refractivity (Wildman–Crippen MR) is 187 cm³/mol. The molecule has 0 saturated carbocycles. The maximum Gasteiger partial charge on any atom is 0.168 e. The third-order valence-electron chi connectivity index (χ3n) is 9.18. The van der Waals surface area contributed by atoms with E-state index in [1.54, 1.807) is 4.57 Å². The van der Waals surface area contributed by atoms with E-state index < -0.39 is 40.5 Å². The predicted octanol–water partition coefficient (Wildman–Crippen LogP) is 7.97. The van der Waals surface area contributed by atoms with Crippen molar-refractivity contribution >= 4 is 38.9 Å². The molecule has 11 nitrogen and oxygen atoms in total. The Morgan fingerprint density at radius 3 is 1.70 bits per heavy atom. The molecule has 0 radical (unpaired) electrons. The molecule has 9 rings (SSSR count). The van der Waals surface area contributed by atoms with Crippen LogP contribution in [0.1, 0.15) is 23.8 Å². The fourth-order valence-electron chi connectivity index (χ4n) is 6.98. The van der Waals surface area contributed by atoms with Crippen LogP contribution in [0.25, 0.3) is 73.0 Å².